The Labute approximate surface area is 109 Å². The van der Waals surface area contributed by atoms with Crippen molar-refractivity contribution in [2.45, 2.75) is 12.5 Å². The van der Waals surface area contributed by atoms with Gasteiger partial charge in [-0.2, -0.15) is 0 Å². The molecule has 0 saturated carbocycles. The van der Waals surface area contributed by atoms with Crippen LogP contribution in [-0.4, -0.2) is 24.8 Å². The van der Waals surface area contributed by atoms with E-state index in [1.54, 1.807) is 0 Å². The number of aliphatic hydroxyl groups excluding tert-OH is 1. The van der Waals surface area contributed by atoms with Crippen molar-refractivity contribution < 1.29 is 5.11 Å². The molecule has 16 heavy (non-hydrogen) atoms. The summed E-state index contributed by atoms with van der Waals surface area (Å²) in [6.45, 7) is 1.43. The maximum absolute atomic E-state index is 8.70. The number of aliphatic hydroxyl groups is 1. The molecule has 0 bridgehead atoms. The molecular formula is C11H16BrClN2O. The van der Waals surface area contributed by atoms with Crippen LogP contribution in [0.15, 0.2) is 22.7 Å². The zero-order valence-corrected chi connectivity index (χ0v) is 11.3. The maximum atomic E-state index is 8.70. The van der Waals surface area contributed by atoms with Gasteiger partial charge in [0.2, 0.25) is 0 Å². The van der Waals surface area contributed by atoms with Crippen LogP contribution in [0.1, 0.15) is 18.0 Å². The van der Waals surface area contributed by atoms with Gasteiger partial charge in [-0.05, 0) is 46.6 Å². The van der Waals surface area contributed by atoms with Gasteiger partial charge in [-0.25, -0.2) is 0 Å². The lowest BCUT2D eigenvalue weighted by Gasteiger charge is -2.17. The molecule has 5 heteroatoms. The largest absolute Gasteiger partial charge is 0.396 e. The number of nitrogens with one attached hydrogen (secondary N) is 1. The quantitative estimate of drug-likeness (QED) is 0.705. The number of benzene rings is 1. The number of hydrogen-bond acceptors (Lipinski definition) is 3. The van der Waals surface area contributed by atoms with Gasteiger partial charge < -0.3 is 16.2 Å². The van der Waals surface area contributed by atoms with Gasteiger partial charge in [0.1, 0.15) is 0 Å². The van der Waals surface area contributed by atoms with Crippen LogP contribution in [0.4, 0.5) is 0 Å². The summed E-state index contributed by atoms with van der Waals surface area (Å²) in [7, 11) is 0. The molecule has 0 aliphatic heterocycles. The van der Waals surface area contributed by atoms with E-state index in [0.717, 1.165) is 23.0 Å². The SMILES string of the molecule is NCC(NCCCO)c1ccc(Br)c(Cl)c1. The monoisotopic (exact) mass is 306 g/mol. The summed E-state index contributed by atoms with van der Waals surface area (Å²) in [4.78, 5) is 0. The van der Waals surface area contributed by atoms with Crippen molar-refractivity contribution in [3.05, 3.63) is 33.3 Å². The van der Waals surface area contributed by atoms with Crippen LogP contribution in [0.5, 0.6) is 0 Å². The summed E-state index contributed by atoms with van der Waals surface area (Å²) in [5, 5.41) is 12.7. The first-order chi connectivity index (χ1) is 7.69. The van der Waals surface area contributed by atoms with E-state index in [4.69, 9.17) is 22.4 Å². The third-order valence-corrected chi connectivity index (χ3v) is 3.54. The van der Waals surface area contributed by atoms with Crippen LogP contribution in [0.2, 0.25) is 5.02 Å². The number of halogens is 2. The van der Waals surface area contributed by atoms with Crippen LogP contribution >= 0.6 is 27.5 Å². The summed E-state index contributed by atoms with van der Waals surface area (Å²) in [5.74, 6) is 0. The molecule has 0 aliphatic rings. The van der Waals surface area contributed by atoms with Crippen LogP contribution in [0.25, 0.3) is 0 Å². The lowest BCUT2D eigenvalue weighted by molar-refractivity contribution is 0.283. The van der Waals surface area contributed by atoms with Crippen molar-refractivity contribution in [2.24, 2.45) is 5.73 Å². The van der Waals surface area contributed by atoms with E-state index >= 15 is 0 Å². The van der Waals surface area contributed by atoms with E-state index in [0.29, 0.717) is 11.6 Å². The summed E-state index contributed by atoms with van der Waals surface area (Å²) >= 11 is 9.37. The van der Waals surface area contributed by atoms with Gasteiger partial charge in [0, 0.05) is 23.7 Å². The van der Waals surface area contributed by atoms with Crippen molar-refractivity contribution in [3.8, 4) is 0 Å². The summed E-state index contributed by atoms with van der Waals surface area (Å²) in [6, 6.07) is 5.87. The molecule has 0 aromatic heterocycles. The van der Waals surface area contributed by atoms with E-state index in [2.05, 4.69) is 21.2 Å². The van der Waals surface area contributed by atoms with Crippen molar-refractivity contribution >= 4 is 27.5 Å². The second kappa shape index (κ2) is 7.25. The highest BCUT2D eigenvalue weighted by atomic mass is 79.9. The highest BCUT2D eigenvalue weighted by Gasteiger charge is 2.09. The second-order valence-corrected chi connectivity index (χ2v) is 4.75. The molecule has 0 radical (unpaired) electrons. The summed E-state index contributed by atoms with van der Waals surface area (Å²) < 4.78 is 0.879. The Morgan fingerprint density at radius 1 is 1.50 bits per heavy atom. The molecule has 1 unspecified atom stereocenters. The lowest BCUT2D eigenvalue weighted by Crippen LogP contribution is -2.29. The molecule has 90 valence electrons. The fourth-order valence-corrected chi connectivity index (χ4v) is 1.86. The Hall–Kier alpha value is -0.130. The molecule has 1 aromatic carbocycles. The third-order valence-electron chi connectivity index (χ3n) is 2.31. The minimum atomic E-state index is 0.0807. The number of hydrogen-bond donors (Lipinski definition) is 3. The molecule has 0 aliphatic carbocycles. The number of rotatable bonds is 6. The van der Waals surface area contributed by atoms with Gasteiger partial charge in [-0.15, -0.1) is 0 Å². The molecule has 0 fully saturated rings. The van der Waals surface area contributed by atoms with Crippen LogP contribution in [0.3, 0.4) is 0 Å². The Kier molecular flexibility index (Phi) is 6.31. The molecule has 0 saturated heterocycles. The van der Waals surface area contributed by atoms with Gasteiger partial charge in [-0.1, -0.05) is 17.7 Å². The van der Waals surface area contributed by atoms with Crippen LogP contribution < -0.4 is 11.1 Å². The molecular weight excluding hydrogens is 291 g/mol. The van der Waals surface area contributed by atoms with Gasteiger partial charge >= 0.3 is 0 Å². The minimum Gasteiger partial charge on any atom is -0.396 e. The molecule has 4 N–H and O–H groups in total. The Morgan fingerprint density at radius 3 is 2.81 bits per heavy atom. The van der Waals surface area contributed by atoms with Gasteiger partial charge in [0.25, 0.3) is 0 Å². The molecule has 3 nitrogen and oxygen atoms in total. The van der Waals surface area contributed by atoms with E-state index in [1.165, 1.54) is 0 Å². The van der Waals surface area contributed by atoms with Crippen molar-refractivity contribution in [3.63, 3.8) is 0 Å². The highest BCUT2D eigenvalue weighted by Crippen LogP contribution is 2.25. The first-order valence-electron chi connectivity index (χ1n) is 5.18. The van der Waals surface area contributed by atoms with Crippen LogP contribution in [0, 0.1) is 0 Å². The normalized spacial score (nSPS) is 12.8. The molecule has 0 heterocycles. The Bertz CT molecular complexity index is 336. The predicted molar refractivity (Wildman–Crippen MR) is 70.7 cm³/mol. The van der Waals surface area contributed by atoms with E-state index < -0.39 is 0 Å². The smallest absolute Gasteiger partial charge is 0.0551 e. The fourth-order valence-electron chi connectivity index (χ4n) is 1.42. The Balaban J connectivity index is 2.67. The lowest BCUT2D eigenvalue weighted by atomic mass is 10.1. The topological polar surface area (TPSA) is 58.3 Å². The van der Waals surface area contributed by atoms with Crippen molar-refractivity contribution in [1.29, 1.82) is 0 Å². The molecule has 1 aromatic rings. The molecule has 0 amide bonds. The van der Waals surface area contributed by atoms with E-state index in [1.807, 2.05) is 18.2 Å². The van der Waals surface area contributed by atoms with Crippen molar-refractivity contribution in [1.82, 2.24) is 5.32 Å². The zero-order valence-electron chi connectivity index (χ0n) is 8.92. The molecule has 0 spiro atoms. The zero-order chi connectivity index (χ0) is 12.0. The predicted octanol–water partition coefficient (Wildman–Crippen LogP) is 2.07. The number of nitrogens with two attached hydrogens (primary N) is 1. The summed E-state index contributed by atoms with van der Waals surface area (Å²) in [6.07, 6.45) is 0.723. The first kappa shape index (κ1) is 13.9. The first-order valence-corrected chi connectivity index (χ1v) is 6.35. The maximum Gasteiger partial charge on any atom is 0.0551 e. The van der Waals surface area contributed by atoms with Gasteiger partial charge in [0.05, 0.1) is 5.02 Å². The molecule has 1 atom stereocenters. The highest BCUT2D eigenvalue weighted by molar-refractivity contribution is 9.10. The van der Waals surface area contributed by atoms with E-state index in [9.17, 15) is 0 Å². The minimum absolute atomic E-state index is 0.0807. The fraction of sp³-hybridized carbons (Fsp3) is 0.455. The average Bonchev–Trinajstić information content (AvgIpc) is 2.29. The van der Waals surface area contributed by atoms with Gasteiger partial charge in [0.15, 0.2) is 0 Å². The third kappa shape index (κ3) is 4.03. The summed E-state index contributed by atoms with van der Waals surface area (Å²) in [5.41, 5.74) is 6.76. The Morgan fingerprint density at radius 2 is 2.25 bits per heavy atom. The van der Waals surface area contributed by atoms with Gasteiger partial charge in [-0.3, -0.25) is 0 Å². The second-order valence-electron chi connectivity index (χ2n) is 3.49. The average molecular weight is 308 g/mol. The standard InChI is InChI=1S/C11H16BrClN2O/c12-9-3-2-8(6-10(9)13)11(7-14)15-4-1-5-16/h2-3,6,11,15-16H,1,4-5,7,14H2. The van der Waals surface area contributed by atoms with E-state index in [-0.39, 0.29) is 12.6 Å². The van der Waals surface area contributed by atoms with Crippen LogP contribution in [-0.2, 0) is 0 Å². The van der Waals surface area contributed by atoms with Crippen molar-refractivity contribution in [2.75, 3.05) is 19.7 Å². The molecule has 1 rings (SSSR count).